The summed E-state index contributed by atoms with van der Waals surface area (Å²) in [5.74, 6) is 0.557. The van der Waals surface area contributed by atoms with Crippen molar-refractivity contribution in [1.82, 2.24) is 0 Å². The Bertz CT molecular complexity index is 482. The summed E-state index contributed by atoms with van der Waals surface area (Å²) >= 11 is 0. The van der Waals surface area contributed by atoms with Gasteiger partial charge in [-0.15, -0.1) is 0 Å². The van der Waals surface area contributed by atoms with E-state index < -0.39 is 0 Å². The molecule has 1 aromatic carbocycles. The molecule has 0 unspecified atom stereocenters. The summed E-state index contributed by atoms with van der Waals surface area (Å²) in [5.41, 5.74) is 7.31. The molecule has 0 radical (unpaired) electrons. The fourth-order valence-electron chi connectivity index (χ4n) is 2.47. The van der Waals surface area contributed by atoms with E-state index in [1.165, 1.54) is 0 Å². The molecule has 2 rings (SSSR count). The van der Waals surface area contributed by atoms with Crippen LogP contribution in [0.15, 0.2) is 23.2 Å². The lowest BCUT2D eigenvalue weighted by Gasteiger charge is -2.31. The first-order chi connectivity index (χ1) is 8.97. The molecule has 0 fully saturated rings. The van der Waals surface area contributed by atoms with Crippen molar-refractivity contribution in [3.05, 3.63) is 29.6 Å². The van der Waals surface area contributed by atoms with Crippen LogP contribution in [-0.4, -0.2) is 24.5 Å². The topological polar surface area (TPSA) is 41.6 Å². The Morgan fingerprint density at radius 3 is 2.74 bits per heavy atom. The minimum absolute atomic E-state index is 0.163. The molecule has 1 aromatic rings. The van der Waals surface area contributed by atoms with Crippen LogP contribution in [0.3, 0.4) is 0 Å². The highest BCUT2D eigenvalue weighted by molar-refractivity contribution is 5.82. The number of aryl methyl sites for hydroxylation is 1. The quantitative estimate of drug-likeness (QED) is 0.907. The van der Waals surface area contributed by atoms with E-state index in [-0.39, 0.29) is 17.9 Å². The van der Waals surface area contributed by atoms with Crippen LogP contribution in [0.25, 0.3) is 0 Å². The highest BCUT2D eigenvalue weighted by atomic mass is 19.1. The lowest BCUT2D eigenvalue weighted by Crippen LogP contribution is -2.37. The third kappa shape index (κ3) is 3.25. The van der Waals surface area contributed by atoms with E-state index in [0.717, 1.165) is 30.8 Å². The zero-order valence-electron chi connectivity index (χ0n) is 11.9. The average Bonchev–Trinajstić information content (AvgIpc) is 2.72. The fourth-order valence-corrected chi connectivity index (χ4v) is 2.47. The van der Waals surface area contributed by atoms with Crippen LogP contribution in [0.4, 0.5) is 10.1 Å². The molecule has 104 valence electrons. The second-order valence-electron chi connectivity index (χ2n) is 5.51. The maximum Gasteiger partial charge on any atom is 0.146 e. The van der Waals surface area contributed by atoms with Gasteiger partial charge in [0.15, 0.2) is 0 Å². The number of nitrogens with zero attached hydrogens (tertiary/aromatic N) is 2. The predicted octanol–water partition coefficient (Wildman–Crippen LogP) is 2.87. The summed E-state index contributed by atoms with van der Waals surface area (Å²) in [5, 5.41) is 0. The molecule has 0 bridgehead atoms. The number of anilines is 1. The number of nitrogens with two attached hydrogens (primary N) is 1. The third-order valence-corrected chi connectivity index (χ3v) is 3.53. The summed E-state index contributed by atoms with van der Waals surface area (Å²) in [6.07, 6.45) is 1.81. The molecule has 0 aromatic heterocycles. The van der Waals surface area contributed by atoms with Crippen LogP contribution < -0.4 is 10.6 Å². The molecule has 3 nitrogen and oxygen atoms in total. The van der Waals surface area contributed by atoms with Gasteiger partial charge in [0.25, 0.3) is 0 Å². The van der Waals surface area contributed by atoms with Gasteiger partial charge in [-0.25, -0.2) is 4.39 Å². The highest BCUT2D eigenvalue weighted by Crippen LogP contribution is 2.24. The maximum atomic E-state index is 14.1. The molecular weight excluding hydrogens is 241 g/mol. The van der Waals surface area contributed by atoms with E-state index in [1.54, 1.807) is 6.07 Å². The molecule has 19 heavy (non-hydrogen) atoms. The van der Waals surface area contributed by atoms with Crippen LogP contribution in [-0.2, 0) is 0 Å². The largest absolute Gasteiger partial charge is 0.387 e. The number of amidine groups is 1. The average molecular weight is 263 g/mol. The van der Waals surface area contributed by atoms with E-state index >= 15 is 0 Å². The number of halogens is 1. The lowest BCUT2D eigenvalue weighted by atomic mass is 10.1. The van der Waals surface area contributed by atoms with E-state index in [4.69, 9.17) is 5.73 Å². The first-order valence-corrected chi connectivity index (χ1v) is 6.82. The Morgan fingerprint density at radius 1 is 1.47 bits per heavy atom. The Balaban J connectivity index is 2.20. The molecule has 0 saturated carbocycles. The lowest BCUT2D eigenvalue weighted by molar-refractivity contribution is 0.564. The molecule has 0 aliphatic carbocycles. The fraction of sp³-hybridized carbons (Fsp3) is 0.533. The Hall–Kier alpha value is -1.58. The molecule has 0 spiro atoms. The Kier molecular flexibility index (Phi) is 4.08. The summed E-state index contributed by atoms with van der Waals surface area (Å²) in [6.45, 7) is 6.76. The molecule has 0 amide bonds. The zero-order chi connectivity index (χ0) is 14.0. The van der Waals surface area contributed by atoms with Crippen molar-refractivity contribution in [2.75, 3.05) is 11.4 Å². The van der Waals surface area contributed by atoms with Gasteiger partial charge in [0, 0.05) is 19.0 Å². The number of rotatable bonds is 4. The molecule has 1 aliphatic heterocycles. The summed E-state index contributed by atoms with van der Waals surface area (Å²) < 4.78 is 14.1. The zero-order valence-corrected chi connectivity index (χ0v) is 11.9. The summed E-state index contributed by atoms with van der Waals surface area (Å²) in [4.78, 5) is 6.48. The summed E-state index contributed by atoms with van der Waals surface area (Å²) in [6, 6.07) is 5.79. The van der Waals surface area contributed by atoms with Gasteiger partial charge in [0.1, 0.15) is 5.82 Å². The van der Waals surface area contributed by atoms with Crippen molar-refractivity contribution >= 4 is 11.5 Å². The van der Waals surface area contributed by atoms with Crippen LogP contribution in [0, 0.1) is 12.7 Å². The Morgan fingerprint density at radius 2 is 2.21 bits per heavy atom. The number of hydrogen-bond donors (Lipinski definition) is 1. The molecule has 4 heteroatoms. The smallest absolute Gasteiger partial charge is 0.146 e. The maximum absolute atomic E-state index is 14.1. The van der Waals surface area contributed by atoms with Gasteiger partial charge in [-0.2, -0.15) is 0 Å². The standard InChI is InChI=1S/C15H22FN3/c1-10(2)19(9-12-5-7-15(17)18-12)14-6-4-11(3)8-13(14)16/h4,6,8,10,12H,5,7,9H2,1-3H3,(H2,17,18)/t12-/m1/s1. The van der Waals surface area contributed by atoms with Crippen LogP contribution >= 0.6 is 0 Å². The summed E-state index contributed by atoms with van der Waals surface area (Å²) in [7, 11) is 0. The van der Waals surface area contributed by atoms with Gasteiger partial charge in [-0.3, -0.25) is 4.99 Å². The van der Waals surface area contributed by atoms with Gasteiger partial charge in [0.2, 0.25) is 0 Å². The van der Waals surface area contributed by atoms with Crippen LogP contribution in [0.2, 0.25) is 0 Å². The van der Waals surface area contributed by atoms with Gasteiger partial charge >= 0.3 is 0 Å². The van der Waals surface area contributed by atoms with E-state index in [1.807, 2.05) is 19.1 Å². The van der Waals surface area contributed by atoms with Crippen molar-refractivity contribution in [1.29, 1.82) is 0 Å². The van der Waals surface area contributed by atoms with Crippen molar-refractivity contribution in [2.45, 2.75) is 45.7 Å². The van der Waals surface area contributed by atoms with Crippen molar-refractivity contribution in [3.63, 3.8) is 0 Å². The second-order valence-corrected chi connectivity index (χ2v) is 5.51. The van der Waals surface area contributed by atoms with Gasteiger partial charge in [0.05, 0.1) is 17.6 Å². The number of hydrogen-bond acceptors (Lipinski definition) is 3. The van der Waals surface area contributed by atoms with E-state index in [9.17, 15) is 4.39 Å². The normalized spacial score (nSPS) is 18.8. The Labute approximate surface area is 114 Å². The van der Waals surface area contributed by atoms with Crippen molar-refractivity contribution in [3.8, 4) is 0 Å². The van der Waals surface area contributed by atoms with E-state index in [0.29, 0.717) is 5.69 Å². The first-order valence-electron chi connectivity index (χ1n) is 6.82. The monoisotopic (exact) mass is 263 g/mol. The molecule has 1 atom stereocenters. The molecule has 2 N–H and O–H groups in total. The number of aliphatic imine (C=N–C) groups is 1. The minimum atomic E-state index is -0.163. The first kappa shape index (κ1) is 13.8. The molecule has 0 saturated heterocycles. The van der Waals surface area contributed by atoms with Crippen molar-refractivity contribution < 1.29 is 4.39 Å². The van der Waals surface area contributed by atoms with Crippen LogP contribution in [0.5, 0.6) is 0 Å². The minimum Gasteiger partial charge on any atom is -0.387 e. The third-order valence-electron chi connectivity index (χ3n) is 3.53. The predicted molar refractivity (Wildman–Crippen MR) is 78.3 cm³/mol. The van der Waals surface area contributed by atoms with Crippen molar-refractivity contribution in [2.24, 2.45) is 10.7 Å². The SMILES string of the molecule is Cc1ccc(N(C[C@H]2CCC(N)=N2)C(C)C)c(F)c1. The van der Waals surface area contributed by atoms with Gasteiger partial charge < -0.3 is 10.6 Å². The molecule has 1 heterocycles. The van der Waals surface area contributed by atoms with Gasteiger partial charge in [-0.1, -0.05) is 6.07 Å². The molecule has 1 aliphatic rings. The van der Waals surface area contributed by atoms with E-state index in [2.05, 4.69) is 23.7 Å². The second kappa shape index (κ2) is 5.59. The van der Waals surface area contributed by atoms with Gasteiger partial charge in [-0.05, 0) is 44.9 Å². The number of benzene rings is 1. The van der Waals surface area contributed by atoms with Crippen LogP contribution in [0.1, 0.15) is 32.3 Å². The highest BCUT2D eigenvalue weighted by Gasteiger charge is 2.22. The molecular formula is C15H22FN3.